The van der Waals surface area contributed by atoms with Gasteiger partial charge in [0, 0.05) is 5.69 Å². The standard InChI is InChI=1S/C17H17NO5/c1-2-22-14-7-9-15(10-8-14)23-11-16(19)18-13-5-3-12(4-6-13)17(20)21/h3-10H,2,11H2,1H3,(H,18,19)(H,20,21). The Balaban J connectivity index is 1.83. The number of amides is 1. The van der Waals surface area contributed by atoms with Crippen LogP contribution in [0.2, 0.25) is 0 Å². The van der Waals surface area contributed by atoms with Crippen LogP contribution in [0.1, 0.15) is 17.3 Å². The van der Waals surface area contributed by atoms with Gasteiger partial charge in [-0.15, -0.1) is 0 Å². The predicted octanol–water partition coefficient (Wildman–Crippen LogP) is 2.80. The van der Waals surface area contributed by atoms with E-state index in [1.54, 1.807) is 24.3 Å². The number of carboxylic acid groups (broad SMARTS) is 1. The highest BCUT2D eigenvalue weighted by Crippen LogP contribution is 2.17. The Hall–Kier alpha value is -3.02. The number of hydrogen-bond acceptors (Lipinski definition) is 4. The second kappa shape index (κ2) is 7.84. The van der Waals surface area contributed by atoms with E-state index in [0.717, 1.165) is 5.75 Å². The molecule has 6 heteroatoms. The normalized spacial score (nSPS) is 9.96. The van der Waals surface area contributed by atoms with Crippen LogP contribution in [0.25, 0.3) is 0 Å². The summed E-state index contributed by atoms with van der Waals surface area (Å²) in [5.41, 5.74) is 0.670. The molecule has 2 rings (SSSR count). The number of carbonyl (C=O) groups is 2. The molecule has 0 aliphatic rings. The van der Waals surface area contributed by atoms with Crippen molar-refractivity contribution in [3.05, 3.63) is 54.1 Å². The Morgan fingerprint density at radius 2 is 1.52 bits per heavy atom. The molecule has 6 nitrogen and oxygen atoms in total. The summed E-state index contributed by atoms with van der Waals surface area (Å²) in [7, 11) is 0. The van der Waals surface area contributed by atoms with E-state index in [9.17, 15) is 9.59 Å². The van der Waals surface area contributed by atoms with Crippen LogP contribution < -0.4 is 14.8 Å². The van der Waals surface area contributed by atoms with Gasteiger partial charge in [0.15, 0.2) is 6.61 Å². The molecular formula is C17H17NO5. The molecule has 120 valence electrons. The van der Waals surface area contributed by atoms with E-state index in [1.807, 2.05) is 6.92 Å². The van der Waals surface area contributed by atoms with Crippen LogP contribution in [-0.4, -0.2) is 30.2 Å². The summed E-state index contributed by atoms with van der Waals surface area (Å²) in [6, 6.07) is 12.9. The van der Waals surface area contributed by atoms with E-state index in [1.165, 1.54) is 24.3 Å². The van der Waals surface area contributed by atoms with E-state index in [2.05, 4.69) is 5.32 Å². The van der Waals surface area contributed by atoms with Crippen molar-refractivity contribution in [2.45, 2.75) is 6.92 Å². The Labute approximate surface area is 133 Å². The number of benzene rings is 2. The number of carbonyl (C=O) groups excluding carboxylic acids is 1. The lowest BCUT2D eigenvalue weighted by Crippen LogP contribution is -2.20. The van der Waals surface area contributed by atoms with Gasteiger partial charge in [-0.2, -0.15) is 0 Å². The summed E-state index contributed by atoms with van der Waals surface area (Å²) in [6.07, 6.45) is 0. The highest BCUT2D eigenvalue weighted by atomic mass is 16.5. The summed E-state index contributed by atoms with van der Waals surface area (Å²) in [5, 5.41) is 11.4. The molecule has 0 aliphatic heterocycles. The summed E-state index contributed by atoms with van der Waals surface area (Å²) < 4.78 is 10.7. The SMILES string of the molecule is CCOc1ccc(OCC(=O)Nc2ccc(C(=O)O)cc2)cc1. The van der Waals surface area contributed by atoms with E-state index < -0.39 is 5.97 Å². The summed E-state index contributed by atoms with van der Waals surface area (Å²) in [5.74, 6) is -0.0451. The van der Waals surface area contributed by atoms with Gasteiger partial charge in [0.25, 0.3) is 5.91 Å². The van der Waals surface area contributed by atoms with Crippen LogP contribution in [0.15, 0.2) is 48.5 Å². The molecule has 0 unspecified atom stereocenters. The molecule has 0 bridgehead atoms. The van der Waals surface area contributed by atoms with Gasteiger partial charge in [0.1, 0.15) is 11.5 Å². The largest absolute Gasteiger partial charge is 0.494 e. The molecule has 0 radical (unpaired) electrons. The number of carboxylic acids is 1. The van der Waals surface area contributed by atoms with Gasteiger partial charge in [-0.3, -0.25) is 4.79 Å². The third-order valence-electron chi connectivity index (χ3n) is 2.92. The fourth-order valence-electron chi connectivity index (χ4n) is 1.84. The van der Waals surface area contributed by atoms with Crippen LogP contribution in [0.3, 0.4) is 0 Å². The van der Waals surface area contributed by atoms with Gasteiger partial charge in [0.2, 0.25) is 0 Å². The van der Waals surface area contributed by atoms with Gasteiger partial charge >= 0.3 is 5.97 Å². The first-order chi connectivity index (χ1) is 11.1. The van der Waals surface area contributed by atoms with E-state index in [-0.39, 0.29) is 18.1 Å². The van der Waals surface area contributed by atoms with E-state index in [0.29, 0.717) is 18.0 Å². The minimum atomic E-state index is -1.01. The molecule has 0 spiro atoms. The number of rotatable bonds is 7. The maximum Gasteiger partial charge on any atom is 0.335 e. The van der Waals surface area contributed by atoms with Crippen LogP contribution in [0.5, 0.6) is 11.5 Å². The highest BCUT2D eigenvalue weighted by molar-refractivity contribution is 5.93. The molecule has 0 aromatic heterocycles. The maximum atomic E-state index is 11.8. The number of hydrogen-bond donors (Lipinski definition) is 2. The average molecular weight is 315 g/mol. The number of anilines is 1. The molecule has 0 heterocycles. The summed E-state index contributed by atoms with van der Waals surface area (Å²) in [6.45, 7) is 2.34. The lowest BCUT2D eigenvalue weighted by Gasteiger charge is -2.08. The topological polar surface area (TPSA) is 84.9 Å². The van der Waals surface area contributed by atoms with Gasteiger partial charge in [-0.05, 0) is 55.5 Å². The van der Waals surface area contributed by atoms with Crippen molar-refractivity contribution in [2.24, 2.45) is 0 Å². The fourth-order valence-corrected chi connectivity index (χ4v) is 1.84. The third-order valence-corrected chi connectivity index (χ3v) is 2.92. The average Bonchev–Trinajstić information content (AvgIpc) is 2.55. The van der Waals surface area contributed by atoms with E-state index >= 15 is 0 Å². The van der Waals surface area contributed by atoms with Gasteiger partial charge in [-0.25, -0.2) is 4.79 Å². The van der Waals surface area contributed by atoms with Gasteiger partial charge in [0.05, 0.1) is 12.2 Å². The van der Waals surface area contributed by atoms with Crippen molar-refractivity contribution in [1.82, 2.24) is 0 Å². The molecule has 2 aromatic rings. The molecule has 2 aromatic carbocycles. The van der Waals surface area contributed by atoms with E-state index in [4.69, 9.17) is 14.6 Å². The zero-order chi connectivity index (χ0) is 16.7. The van der Waals surface area contributed by atoms with Crippen LogP contribution in [0.4, 0.5) is 5.69 Å². The fraction of sp³-hybridized carbons (Fsp3) is 0.176. The Morgan fingerprint density at radius 1 is 0.957 bits per heavy atom. The van der Waals surface area contributed by atoms with Crippen LogP contribution >= 0.6 is 0 Å². The van der Waals surface area contributed by atoms with Crippen molar-refractivity contribution in [3.63, 3.8) is 0 Å². The number of ether oxygens (including phenoxy) is 2. The monoisotopic (exact) mass is 315 g/mol. The summed E-state index contributed by atoms with van der Waals surface area (Å²) >= 11 is 0. The quantitative estimate of drug-likeness (QED) is 0.820. The molecule has 1 amide bonds. The zero-order valence-electron chi connectivity index (χ0n) is 12.6. The highest BCUT2D eigenvalue weighted by Gasteiger charge is 2.06. The maximum absolute atomic E-state index is 11.8. The van der Waals surface area contributed by atoms with Crippen molar-refractivity contribution in [1.29, 1.82) is 0 Å². The predicted molar refractivity (Wildman–Crippen MR) is 85.1 cm³/mol. The summed E-state index contributed by atoms with van der Waals surface area (Å²) in [4.78, 5) is 22.5. The molecule has 0 saturated heterocycles. The Morgan fingerprint density at radius 3 is 2.04 bits per heavy atom. The molecule has 23 heavy (non-hydrogen) atoms. The lowest BCUT2D eigenvalue weighted by molar-refractivity contribution is -0.118. The van der Waals surface area contributed by atoms with Crippen molar-refractivity contribution in [3.8, 4) is 11.5 Å². The van der Waals surface area contributed by atoms with Gasteiger partial charge in [-0.1, -0.05) is 0 Å². The minimum absolute atomic E-state index is 0.144. The first kappa shape index (κ1) is 16.4. The Kier molecular flexibility index (Phi) is 5.57. The molecule has 0 atom stereocenters. The third kappa shape index (κ3) is 5.03. The molecule has 0 fully saturated rings. The molecule has 2 N–H and O–H groups in total. The van der Waals surface area contributed by atoms with Crippen molar-refractivity contribution in [2.75, 3.05) is 18.5 Å². The van der Waals surface area contributed by atoms with Crippen molar-refractivity contribution >= 4 is 17.6 Å². The molecular weight excluding hydrogens is 298 g/mol. The van der Waals surface area contributed by atoms with Crippen LogP contribution in [-0.2, 0) is 4.79 Å². The minimum Gasteiger partial charge on any atom is -0.494 e. The zero-order valence-corrected chi connectivity index (χ0v) is 12.6. The van der Waals surface area contributed by atoms with Crippen LogP contribution in [0, 0.1) is 0 Å². The second-order valence-electron chi connectivity index (χ2n) is 4.62. The van der Waals surface area contributed by atoms with Gasteiger partial charge < -0.3 is 19.9 Å². The number of aromatic carboxylic acids is 1. The Bertz CT molecular complexity index is 664. The first-order valence-corrected chi connectivity index (χ1v) is 7.07. The first-order valence-electron chi connectivity index (χ1n) is 7.07. The van der Waals surface area contributed by atoms with Crippen molar-refractivity contribution < 1.29 is 24.2 Å². The molecule has 0 saturated carbocycles. The molecule has 0 aliphatic carbocycles. The second-order valence-corrected chi connectivity index (χ2v) is 4.62. The smallest absolute Gasteiger partial charge is 0.335 e. The lowest BCUT2D eigenvalue weighted by atomic mass is 10.2. The number of nitrogens with one attached hydrogen (secondary N) is 1.